The van der Waals surface area contributed by atoms with Crippen molar-refractivity contribution in [1.29, 1.82) is 0 Å². The van der Waals surface area contributed by atoms with E-state index in [1.807, 2.05) is 41.3 Å². The number of nitrogens with zero attached hydrogens (tertiary/aromatic N) is 4. The summed E-state index contributed by atoms with van der Waals surface area (Å²) >= 11 is 5.95. The van der Waals surface area contributed by atoms with Crippen molar-refractivity contribution in [2.75, 3.05) is 38.2 Å². The normalized spacial score (nSPS) is 13.8. The van der Waals surface area contributed by atoms with E-state index in [4.69, 9.17) is 16.3 Å². The number of carbonyl (C=O) groups excluding carboxylic acids is 1. The van der Waals surface area contributed by atoms with Gasteiger partial charge in [-0.3, -0.25) is 9.59 Å². The minimum absolute atomic E-state index is 0.117. The molecule has 1 fully saturated rings. The summed E-state index contributed by atoms with van der Waals surface area (Å²) in [6.45, 7) is 3.37. The van der Waals surface area contributed by atoms with E-state index >= 15 is 0 Å². The Bertz CT molecular complexity index is 1140. The summed E-state index contributed by atoms with van der Waals surface area (Å²) < 4.78 is 6.64. The molecule has 0 atom stereocenters. The van der Waals surface area contributed by atoms with Crippen LogP contribution in [0.15, 0.2) is 65.5 Å². The lowest BCUT2D eigenvalue weighted by Crippen LogP contribution is -2.48. The molecule has 1 aromatic heterocycles. The number of aromatic nitrogens is 2. The van der Waals surface area contributed by atoms with Gasteiger partial charge in [0.05, 0.1) is 12.8 Å². The van der Waals surface area contributed by atoms with E-state index in [2.05, 4.69) is 10.00 Å². The number of rotatable bonds is 7. The highest BCUT2D eigenvalue weighted by Gasteiger charge is 2.21. The number of hydrogen-bond acceptors (Lipinski definition) is 5. The molecule has 4 rings (SSSR count). The number of amides is 1. The first-order valence-corrected chi connectivity index (χ1v) is 11.4. The van der Waals surface area contributed by atoms with Crippen LogP contribution in [0.2, 0.25) is 5.02 Å². The average molecular weight is 467 g/mol. The highest BCUT2D eigenvalue weighted by molar-refractivity contribution is 6.30. The van der Waals surface area contributed by atoms with Crippen molar-refractivity contribution in [1.82, 2.24) is 14.7 Å². The lowest BCUT2D eigenvalue weighted by molar-refractivity contribution is -0.131. The van der Waals surface area contributed by atoms with Crippen LogP contribution in [-0.2, 0) is 11.3 Å². The van der Waals surface area contributed by atoms with E-state index in [0.29, 0.717) is 43.2 Å². The van der Waals surface area contributed by atoms with Gasteiger partial charge in [0, 0.05) is 61.5 Å². The molecular formula is C25H27ClN4O3. The van der Waals surface area contributed by atoms with Gasteiger partial charge in [-0.2, -0.15) is 5.10 Å². The number of benzene rings is 2. The van der Waals surface area contributed by atoms with E-state index in [1.54, 1.807) is 25.3 Å². The van der Waals surface area contributed by atoms with Crippen molar-refractivity contribution < 1.29 is 9.53 Å². The van der Waals surface area contributed by atoms with Crippen molar-refractivity contribution in [2.24, 2.45) is 0 Å². The standard InChI is InChI=1S/C25H27ClN4O3/c1-33-22-10-8-21(9-11-22)28-15-17-29(18-16-28)24(31)3-2-14-30-25(32)13-12-23(27-30)19-4-6-20(26)7-5-19/h4-13H,2-3,14-18H2,1H3. The van der Waals surface area contributed by atoms with Gasteiger partial charge in [-0.25, -0.2) is 4.68 Å². The van der Waals surface area contributed by atoms with Gasteiger partial charge < -0.3 is 14.5 Å². The van der Waals surface area contributed by atoms with Gasteiger partial charge in [0.25, 0.3) is 5.56 Å². The summed E-state index contributed by atoms with van der Waals surface area (Å²) in [4.78, 5) is 29.1. The molecule has 7 nitrogen and oxygen atoms in total. The van der Waals surface area contributed by atoms with Gasteiger partial charge in [-0.15, -0.1) is 0 Å². The van der Waals surface area contributed by atoms with Crippen LogP contribution >= 0.6 is 11.6 Å². The third kappa shape index (κ3) is 5.73. The van der Waals surface area contributed by atoms with E-state index < -0.39 is 0 Å². The van der Waals surface area contributed by atoms with Gasteiger partial charge in [0.2, 0.25) is 5.91 Å². The zero-order chi connectivity index (χ0) is 23.2. The van der Waals surface area contributed by atoms with Gasteiger partial charge in [0.1, 0.15) is 5.75 Å². The number of halogens is 1. The molecular weight excluding hydrogens is 440 g/mol. The first kappa shape index (κ1) is 22.9. The lowest BCUT2D eigenvalue weighted by Gasteiger charge is -2.36. The second-order valence-electron chi connectivity index (χ2n) is 7.96. The number of methoxy groups -OCH3 is 1. The second-order valence-corrected chi connectivity index (χ2v) is 8.39. The Balaban J connectivity index is 1.28. The number of ether oxygens (including phenoxy) is 1. The monoisotopic (exact) mass is 466 g/mol. The van der Waals surface area contributed by atoms with Crippen LogP contribution in [0.1, 0.15) is 12.8 Å². The van der Waals surface area contributed by atoms with Gasteiger partial charge in [-0.05, 0) is 48.9 Å². The maximum atomic E-state index is 12.7. The minimum Gasteiger partial charge on any atom is -0.497 e. The van der Waals surface area contributed by atoms with E-state index in [-0.39, 0.29) is 11.5 Å². The maximum Gasteiger partial charge on any atom is 0.266 e. The largest absolute Gasteiger partial charge is 0.497 e. The molecule has 1 amide bonds. The van der Waals surface area contributed by atoms with Crippen LogP contribution in [0.3, 0.4) is 0 Å². The molecule has 0 saturated carbocycles. The Hall–Kier alpha value is -3.32. The number of piperazine rings is 1. The molecule has 3 aromatic rings. The van der Waals surface area contributed by atoms with E-state index in [1.165, 1.54) is 10.7 Å². The Morgan fingerprint density at radius 2 is 1.67 bits per heavy atom. The van der Waals surface area contributed by atoms with Gasteiger partial charge in [0.15, 0.2) is 0 Å². The topological polar surface area (TPSA) is 67.7 Å². The van der Waals surface area contributed by atoms with E-state index in [0.717, 1.165) is 30.1 Å². The zero-order valence-electron chi connectivity index (χ0n) is 18.6. The molecule has 2 heterocycles. The van der Waals surface area contributed by atoms with Crippen molar-refractivity contribution in [3.63, 3.8) is 0 Å². The zero-order valence-corrected chi connectivity index (χ0v) is 19.4. The molecule has 8 heteroatoms. The average Bonchev–Trinajstić information content (AvgIpc) is 2.86. The SMILES string of the molecule is COc1ccc(N2CCN(C(=O)CCCn3nc(-c4ccc(Cl)cc4)ccc3=O)CC2)cc1. The Morgan fingerprint density at radius 1 is 0.970 bits per heavy atom. The van der Waals surface area contributed by atoms with Crippen LogP contribution in [0, 0.1) is 0 Å². The van der Waals surface area contributed by atoms with Crippen LogP contribution < -0.4 is 15.2 Å². The molecule has 0 unspecified atom stereocenters. The van der Waals surface area contributed by atoms with Crippen LogP contribution in [0.5, 0.6) is 5.75 Å². The number of aryl methyl sites for hydroxylation is 1. The van der Waals surface area contributed by atoms with Crippen molar-refractivity contribution in [3.05, 3.63) is 76.0 Å². The van der Waals surface area contributed by atoms with Crippen molar-refractivity contribution >= 4 is 23.2 Å². The van der Waals surface area contributed by atoms with Crippen molar-refractivity contribution in [3.8, 4) is 17.0 Å². The van der Waals surface area contributed by atoms with Crippen LogP contribution in [0.25, 0.3) is 11.3 Å². The molecule has 1 saturated heterocycles. The summed E-state index contributed by atoms with van der Waals surface area (Å²) in [7, 11) is 1.65. The second kappa shape index (κ2) is 10.5. The number of anilines is 1. The fourth-order valence-electron chi connectivity index (χ4n) is 3.93. The summed E-state index contributed by atoms with van der Waals surface area (Å²) in [5, 5.41) is 5.11. The highest BCUT2D eigenvalue weighted by Crippen LogP contribution is 2.21. The third-order valence-corrected chi connectivity index (χ3v) is 6.09. The van der Waals surface area contributed by atoms with E-state index in [9.17, 15) is 9.59 Å². The van der Waals surface area contributed by atoms with Crippen LogP contribution in [-0.4, -0.2) is 53.9 Å². The molecule has 0 aliphatic carbocycles. The van der Waals surface area contributed by atoms with Gasteiger partial charge in [-0.1, -0.05) is 23.7 Å². The van der Waals surface area contributed by atoms with Gasteiger partial charge >= 0.3 is 0 Å². The fraction of sp³-hybridized carbons (Fsp3) is 0.320. The predicted octanol–water partition coefficient (Wildman–Crippen LogP) is 3.70. The Morgan fingerprint density at radius 3 is 2.33 bits per heavy atom. The predicted molar refractivity (Wildman–Crippen MR) is 130 cm³/mol. The summed E-state index contributed by atoms with van der Waals surface area (Å²) in [5.41, 5.74) is 2.55. The van der Waals surface area contributed by atoms with Crippen LogP contribution in [0.4, 0.5) is 5.69 Å². The number of carbonyl (C=O) groups is 1. The molecule has 0 N–H and O–H groups in total. The molecule has 0 spiro atoms. The molecule has 0 radical (unpaired) electrons. The molecule has 172 valence electrons. The summed E-state index contributed by atoms with van der Waals surface area (Å²) in [6.07, 6.45) is 0.955. The maximum absolute atomic E-state index is 12.7. The number of hydrogen-bond donors (Lipinski definition) is 0. The molecule has 1 aliphatic rings. The first-order chi connectivity index (χ1) is 16.0. The van der Waals surface area contributed by atoms with Crippen molar-refractivity contribution in [2.45, 2.75) is 19.4 Å². The Kier molecular flexibility index (Phi) is 7.29. The Labute approximate surface area is 198 Å². The minimum atomic E-state index is -0.173. The molecule has 33 heavy (non-hydrogen) atoms. The summed E-state index contributed by atoms with van der Waals surface area (Å²) in [5.74, 6) is 0.950. The quantitative estimate of drug-likeness (QED) is 0.531. The fourth-order valence-corrected chi connectivity index (χ4v) is 4.05. The smallest absolute Gasteiger partial charge is 0.266 e. The lowest BCUT2D eigenvalue weighted by atomic mass is 10.1. The highest BCUT2D eigenvalue weighted by atomic mass is 35.5. The third-order valence-electron chi connectivity index (χ3n) is 5.84. The summed E-state index contributed by atoms with van der Waals surface area (Å²) in [6, 6.07) is 18.5. The molecule has 2 aromatic carbocycles. The molecule has 0 bridgehead atoms. The molecule has 1 aliphatic heterocycles. The first-order valence-electron chi connectivity index (χ1n) is 11.0.